The molecule has 1 saturated carbocycles. The first-order valence-corrected chi connectivity index (χ1v) is 6.95. The zero-order valence-corrected chi connectivity index (χ0v) is 11.3. The van der Waals surface area contributed by atoms with E-state index in [1.807, 2.05) is 0 Å². The molecule has 0 aromatic heterocycles. The van der Waals surface area contributed by atoms with Crippen LogP contribution in [-0.2, 0) is 4.74 Å². The Morgan fingerprint density at radius 1 is 1.00 bits per heavy atom. The van der Waals surface area contributed by atoms with Crippen molar-refractivity contribution in [1.82, 2.24) is 5.32 Å². The predicted molar refractivity (Wildman–Crippen MR) is 69.8 cm³/mol. The molecular formula is C14H29NO. The van der Waals surface area contributed by atoms with Crippen molar-refractivity contribution in [3.05, 3.63) is 0 Å². The van der Waals surface area contributed by atoms with Crippen molar-refractivity contribution in [2.75, 3.05) is 13.2 Å². The molecule has 0 atom stereocenters. The van der Waals surface area contributed by atoms with Gasteiger partial charge in [-0.2, -0.15) is 0 Å². The maximum absolute atomic E-state index is 5.71. The summed E-state index contributed by atoms with van der Waals surface area (Å²) in [7, 11) is 0. The molecule has 2 heteroatoms. The summed E-state index contributed by atoms with van der Waals surface area (Å²) in [5, 5.41) is 3.64. The molecule has 0 aliphatic heterocycles. The maximum Gasteiger partial charge on any atom is 0.0599 e. The minimum Gasteiger partial charge on any atom is -0.375 e. The van der Waals surface area contributed by atoms with Gasteiger partial charge in [-0.15, -0.1) is 0 Å². The Kier molecular flexibility index (Phi) is 6.37. The summed E-state index contributed by atoms with van der Waals surface area (Å²) in [6, 6.07) is 0.740. The minimum absolute atomic E-state index is 0.00259. The molecule has 0 spiro atoms. The van der Waals surface area contributed by atoms with Crippen molar-refractivity contribution >= 4 is 0 Å². The molecule has 1 rings (SSSR count). The Hall–Kier alpha value is -0.0800. The molecule has 0 radical (unpaired) electrons. The van der Waals surface area contributed by atoms with Crippen LogP contribution >= 0.6 is 0 Å². The van der Waals surface area contributed by atoms with Gasteiger partial charge in [0.05, 0.1) is 12.2 Å². The normalized spacial score (nSPS) is 20.4. The second-order valence-corrected chi connectivity index (χ2v) is 5.96. The van der Waals surface area contributed by atoms with Crippen LogP contribution in [0.3, 0.4) is 0 Å². The lowest BCUT2D eigenvalue weighted by Gasteiger charge is -2.23. The van der Waals surface area contributed by atoms with Gasteiger partial charge in [-0.05, 0) is 33.6 Å². The highest BCUT2D eigenvalue weighted by Gasteiger charge is 2.12. The van der Waals surface area contributed by atoms with E-state index in [2.05, 4.69) is 26.1 Å². The van der Waals surface area contributed by atoms with Crippen LogP contribution in [0.15, 0.2) is 0 Å². The predicted octanol–water partition coefficient (Wildman–Crippen LogP) is 3.50. The van der Waals surface area contributed by atoms with Crippen LogP contribution in [0.4, 0.5) is 0 Å². The molecule has 0 amide bonds. The summed E-state index contributed by atoms with van der Waals surface area (Å²) in [6.45, 7) is 8.18. The molecule has 0 aromatic rings. The fraction of sp³-hybridized carbons (Fsp3) is 1.00. The lowest BCUT2D eigenvalue weighted by atomic mass is 9.97. The zero-order valence-electron chi connectivity index (χ0n) is 11.3. The number of nitrogens with one attached hydrogen (secondary N) is 1. The molecule has 0 aromatic carbocycles. The van der Waals surface area contributed by atoms with Crippen molar-refractivity contribution in [1.29, 1.82) is 0 Å². The van der Waals surface area contributed by atoms with Crippen LogP contribution in [0.5, 0.6) is 0 Å². The largest absolute Gasteiger partial charge is 0.375 e. The smallest absolute Gasteiger partial charge is 0.0599 e. The summed E-state index contributed by atoms with van der Waals surface area (Å²) in [5.41, 5.74) is 0.00259. The van der Waals surface area contributed by atoms with Gasteiger partial charge in [-0.1, -0.05) is 32.1 Å². The average molecular weight is 227 g/mol. The van der Waals surface area contributed by atoms with Crippen molar-refractivity contribution in [2.24, 2.45) is 0 Å². The van der Waals surface area contributed by atoms with Crippen molar-refractivity contribution in [3.8, 4) is 0 Å². The van der Waals surface area contributed by atoms with E-state index in [9.17, 15) is 0 Å². The van der Waals surface area contributed by atoms with E-state index in [0.717, 1.165) is 19.2 Å². The van der Waals surface area contributed by atoms with Gasteiger partial charge in [0.25, 0.3) is 0 Å². The van der Waals surface area contributed by atoms with Crippen molar-refractivity contribution in [3.63, 3.8) is 0 Å². The highest BCUT2D eigenvalue weighted by Crippen LogP contribution is 2.16. The van der Waals surface area contributed by atoms with E-state index in [4.69, 9.17) is 4.74 Å². The molecular weight excluding hydrogens is 198 g/mol. The second kappa shape index (κ2) is 7.29. The summed E-state index contributed by atoms with van der Waals surface area (Å²) >= 11 is 0. The molecule has 0 heterocycles. The highest BCUT2D eigenvalue weighted by atomic mass is 16.5. The van der Waals surface area contributed by atoms with Gasteiger partial charge in [-0.25, -0.2) is 0 Å². The van der Waals surface area contributed by atoms with E-state index in [-0.39, 0.29) is 5.60 Å². The van der Waals surface area contributed by atoms with Gasteiger partial charge in [0.15, 0.2) is 0 Å². The lowest BCUT2D eigenvalue weighted by molar-refractivity contribution is -0.00185. The Morgan fingerprint density at radius 2 is 1.56 bits per heavy atom. The summed E-state index contributed by atoms with van der Waals surface area (Å²) in [6.07, 6.45) is 9.81. The number of ether oxygens (including phenoxy) is 1. The van der Waals surface area contributed by atoms with Gasteiger partial charge >= 0.3 is 0 Å². The van der Waals surface area contributed by atoms with Crippen LogP contribution in [0.25, 0.3) is 0 Å². The second-order valence-electron chi connectivity index (χ2n) is 5.96. The first-order chi connectivity index (χ1) is 7.58. The molecule has 0 bridgehead atoms. The average Bonchev–Trinajstić information content (AvgIpc) is 2.13. The molecule has 96 valence electrons. The minimum atomic E-state index is 0.00259. The van der Waals surface area contributed by atoms with Gasteiger partial charge in [0.1, 0.15) is 0 Å². The summed E-state index contributed by atoms with van der Waals surface area (Å²) in [5.74, 6) is 0. The molecule has 0 unspecified atom stereocenters. The van der Waals surface area contributed by atoms with Crippen LogP contribution in [-0.4, -0.2) is 24.8 Å². The highest BCUT2D eigenvalue weighted by molar-refractivity contribution is 4.70. The van der Waals surface area contributed by atoms with Crippen LogP contribution in [0.1, 0.15) is 65.7 Å². The first-order valence-electron chi connectivity index (χ1n) is 6.95. The monoisotopic (exact) mass is 227 g/mol. The van der Waals surface area contributed by atoms with E-state index >= 15 is 0 Å². The molecule has 16 heavy (non-hydrogen) atoms. The SMILES string of the molecule is CC(C)(C)OCCNC1CCCCCCC1. The summed E-state index contributed by atoms with van der Waals surface area (Å²) < 4.78 is 5.71. The Bertz CT molecular complexity index is 166. The molecule has 1 fully saturated rings. The van der Waals surface area contributed by atoms with Gasteiger partial charge in [-0.3, -0.25) is 0 Å². The van der Waals surface area contributed by atoms with Gasteiger partial charge < -0.3 is 10.1 Å². The maximum atomic E-state index is 5.71. The van der Waals surface area contributed by atoms with Crippen LogP contribution in [0, 0.1) is 0 Å². The Labute approximate surface area is 101 Å². The Balaban J connectivity index is 2.06. The fourth-order valence-corrected chi connectivity index (χ4v) is 2.28. The third kappa shape index (κ3) is 7.24. The first kappa shape index (κ1) is 14.0. The third-order valence-corrected chi connectivity index (χ3v) is 3.18. The summed E-state index contributed by atoms with van der Waals surface area (Å²) in [4.78, 5) is 0. The van der Waals surface area contributed by atoms with Crippen LogP contribution < -0.4 is 5.32 Å². The fourth-order valence-electron chi connectivity index (χ4n) is 2.28. The van der Waals surface area contributed by atoms with Crippen molar-refractivity contribution < 1.29 is 4.74 Å². The van der Waals surface area contributed by atoms with E-state index in [0.29, 0.717) is 0 Å². The quantitative estimate of drug-likeness (QED) is 0.742. The van der Waals surface area contributed by atoms with Crippen LogP contribution in [0.2, 0.25) is 0 Å². The third-order valence-electron chi connectivity index (χ3n) is 3.18. The van der Waals surface area contributed by atoms with Gasteiger partial charge in [0.2, 0.25) is 0 Å². The van der Waals surface area contributed by atoms with E-state index < -0.39 is 0 Å². The number of hydrogen-bond donors (Lipinski definition) is 1. The lowest BCUT2D eigenvalue weighted by Crippen LogP contribution is -2.34. The van der Waals surface area contributed by atoms with Gasteiger partial charge in [0, 0.05) is 12.6 Å². The van der Waals surface area contributed by atoms with Crippen molar-refractivity contribution in [2.45, 2.75) is 77.4 Å². The topological polar surface area (TPSA) is 21.3 Å². The molecule has 1 aliphatic carbocycles. The van der Waals surface area contributed by atoms with E-state index in [1.54, 1.807) is 0 Å². The van der Waals surface area contributed by atoms with E-state index in [1.165, 1.54) is 44.9 Å². The number of hydrogen-bond acceptors (Lipinski definition) is 2. The molecule has 0 saturated heterocycles. The zero-order chi connectivity index (χ0) is 11.9. The Morgan fingerprint density at radius 3 is 2.12 bits per heavy atom. The molecule has 1 aliphatic rings. The molecule has 1 N–H and O–H groups in total. The molecule has 2 nitrogen and oxygen atoms in total. The number of rotatable bonds is 4. The standard InChI is InChI=1S/C14H29NO/c1-14(2,3)16-12-11-15-13-9-7-5-4-6-8-10-13/h13,15H,4-12H2,1-3H3.